The summed E-state index contributed by atoms with van der Waals surface area (Å²) in [7, 11) is 0. The molecule has 4 aliphatic rings. The molecule has 1 saturated heterocycles. The molecule has 1 heterocycles. The van der Waals surface area contributed by atoms with Gasteiger partial charge in [-0.15, -0.1) is 13.2 Å². The molecule has 6 heteroatoms. The minimum Gasteiger partial charge on any atom is -0.369 e. The van der Waals surface area contributed by atoms with Crippen molar-refractivity contribution in [2.45, 2.75) is 95.7 Å². The van der Waals surface area contributed by atoms with E-state index in [0.717, 1.165) is 24.0 Å². The Morgan fingerprint density at radius 3 is 1.67 bits per heavy atom. The van der Waals surface area contributed by atoms with Crippen LogP contribution in [0.4, 0.5) is 0 Å². The van der Waals surface area contributed by atoms with E-state index >= 15 is 0 Å². The third-order valence-electron chi connectivity index (χ3n) is 10.8. The minimum absolute atomic E-state index is 0.0975. The van der Waals surface area contributed by atoms with Gasteiger partial charge in [-0.25, -0.2) is 0 Å². The van der Waals surface area contributed by atoms with Gasteiger partial charge in [-0.05, 0) is 35.3 Å². The summed E-state index contributed by atoms with van der Waals surface area (Å²) in [5, 5.41) is 0. The largest absolute Gasteiger partial charge is 0.369 e. The summed E-state index contributed by atoms with van der Waals surface area (Å²) in [6, 6.07) is 20.4. The van der Waals surface area contributed by atoms with Crippen LogP contribution in [0.2, 0.25) is 0 Å². The third-order valence-corrected chi connectivity index (χ3v) is 10.8. The van der Waals surface area contributed by atoms with Gasteiger partial charge < -0.3 is 28.4 Å². The van der Waals surface area contributed by atoms with Gasteiger partial charge in [-0.1, -0.05) is 93.6 Å². The van der Waals surface area contributed by atoms with Gasteiger partial charge in [-0.3, -0.25) is 0 Å². The molecule has 0 amide bonds. The molecule has 226 valence electrons. The SMILES string of the molecule is C=CCO[C@H]1[C@H](OCc2ccccc2)[C@@H](OCC=C)[C@@H]2O[C@@]3(C[C@@H]4CC[C@@]3(C)C4(C)C)O[C@H]2[C@H]1OCc1ccccc1. The maximum Gasteiger partial charge on any atom is 0.175 e. The van der Waals surface area contributed by atoms with E-state index in [0.29, 0.717) is 32.3 Å². The molecule has 1 aliphatic heterocycles. The van der Waals surface area contributed by atoms with Crippen molar-refractivity contribution in [3.8, 4) is 0 Å². The van der Waals surface area contributed by atoms with E-state index in [2.05, 4.69) is 58.2 Å². The molecule has 2 bridgehead atoms. The number of fused-ring (bicyclic) bond motifs is 4. The highest BCUT2D eigenvalue weighted by molar-refractivity contribution is 5.20. The molecule has 0 N–H and O–H groups in total. The standard InChI is InChI=1S/C36H46O6/c1-6-20-37-28-29(39-23-25-14-10-8-11-15-25)30(38-21-7-2)32-33(31(28)40-24-26-16-12-9-13-17-26)42-36(41-32)22-27-18-19-35(36,5)34(27,3)4/h6-17,27-33H,1-2,18-24H2,3-5H3/t27-,28-,29-,30+,31-,32-,33-,35-,36-/m0/s1. The number of benzene rings is 2. The summed E-state index contributed by atoms with van der Waals surface area (Å²) in [6.07, 6.45) is 4.09. The molecular weight excluding hydrogens is 528 g/mol. The first kappa shape index (κ1) is 29.7. The first-order valence-corrected chi connectivity index (χ1v) is 15.5. The zero-order valence-corrected chi connectivity index (χ0v) is 25.3. The lowest BCUT2D eigenvalue weighted by Gasteiger charge is -2.46. The molecule has 2 aromatic rings. The van der Waals surface area contributed by atoms with Crippen LogP contribution in [0.1, 0.15) is 51.2 Å². The molecule has 0 radical (unpaired) electrons. The number of rotatable bonds is 12. The first-order chi connectivity index (χ1) is 20.3. The van der Waals surface area contributed by atoms with Gasteiger partial charge >= 0.3 is 0 Å². The Bertz CT molecular complexity index is 1220. The van der Waals surface area contributed by atoms with Gasteiger partial charge in [0.25, 0.3) is 0 Å². The van der Waals surface area contributed by atoms with Crippen LogP contribution >= 0.6 is 0 Å². The van der Waals surface area contributed by atoms with Gasteiger partial charge in [-0.2, -0.15) is 0 Å². The van der Waals surface area contributed by atoms with Crippen molar-refractivity contribution in [3.05, 3.63) is 97.1 Å². The lowest BCUT2D eigenvalue weighted by Crippen LogP contribution is -2.65. The van der Waals surface area contributed by atoms with Crippen molar-refractivity contribution >= 4 is 0 Å². The van der Waals surface area contributed by atoms with Crippen LogP contribution in [0.15, 0.2) is 86.0 Å². The van der Waals surface area contributed by atoms with E-state index in [9.17, 15) is 0 Å². The number of hydrogen-bond acceptors (Lipinski definition) is 6. The van der Waals surface area contributed by atoms with Gasteiger partial charge in [0.05, 0.1) is 26.4 Å². The van der Waals surface area contributed by atoms with Crippen LogP contribution in [-0.2, 0) is 41.6 Å². The normalized spacial score (nSPS) is 38.0. The van der Waals surface area contributed by atoms with E-state index in [1.807, 2.05) is 36.4 Å². The molecule has 42 heavy (non-hydrogen) atoms. The van der Waals surface area contributed by atoms with E-state index in [-0.39, 0.29) is 23.0 Å². The fraction of sp³-hybridized carbons (Fsp3) is 0.556. The Kier molecular flexibility index (Phi) is 8.49. The van der Waals surface area contributed by atoms with Crippen molar-refractivity contribution in [1.82, 2.24) is 0 Å². The molecule has 0 aromatic heterocycles. The van der Waals surface area contributed by atoms with Crippen LogP contribution < -0.4 is 0 Å². The highest BCUT2D eigenvalue weighted by Gasteiger charge is 2.76. The van der Waals surface area contributed by atoms with Crippen molar-refractivity contribution < 1.29 is 28.4 Å². The summed E-state index contributed by atoms with van der Waals surface area (Å²) in [4.78, 5) is 0. The molecule has 3 aliphatic carbocycles. The van der Waals surface area contributed by atoms with Crippen molar-refractivity contribution in [2.24, 2.45) is 16.7 Å². The summed E-state index contributed by atoms with van der Waals surface area (Å²) in [5.74, 6) is -0.173. The first-order valence-electron chi connectivity index (χ1n) is 15.5. The van der Waals surface area contributed by atoms with Crippen molar-refractivity contribution in [1.29, 1.82) is 0 Å². The highest BCUT2D eigenvalue weighted by atomic mass is 16.8. The Balaban J connectivity index is 1.38. The zero-order valence-electron chi connectivity index (χ0n) is 25.3. The summed E-state index contributed by atoms with van der Waals surface area (Å²) in [5.41, 5.74) is 2.13. The van der Waals surface area contributed by atoms with Gasteiger partial charge in [0.15, 0.2) is 5.79 Å². The van der Waals surface area contributed by atoms with Gasteiger partial charge in [0, 0.05) is 11.8 Å². The lowest BCUT2D eigenvalue weighted by molar-refractivity contribution is -0.258. The predicted octanol–water partition coefficient (Wildman–Crippen LogP) is 6.64. The summed E-state index contributed by atoms with van der Waals surface area (Å²) < 4.78 is 40.9. The van der Waals surface area contributed by atoms with E-state index in [4.69, 9.17) is 28.4 Å². The number of ether oxygens (including phenoxy) is 6. The van der Waals surface area contributed by atoms with Crippen LogP contribution in [0.25, 0.3) is 0 Å². The van der Waals surface area contributed by atoms with Gasteiger partial charge in [0.1, 0.15) is 36.6 Å². The van der Waals surface area contributed by atoms with E-state index in [1.54, 1.807) is 12.2 Å². The third kappa shape index (κ3) is 5.00. The van der Waals surface area contributed by atoms with Crippen molar-refractivity contribution in [2.75, 3.05) is 13.2 Å². The lowest BCUT2D eigenvalue weighted by atomic mass is 9.68. The molecule has 2 aromatic carbocycles. The highest BCUT2D eigenvalue weighted by Crippen LogP contribution is 2.73. The second kappa shape index (κ2) is 12.0. The average Bonchev–Trinajstić information content (AvgIpc) is 3.54. The predicted molar refractivity (Wildman–Crippen MR) is 162 cm³/mol. The summed E-state index contributed by atoms with van der Waals surface area (Å²) in [6.45, 7) is 16.5. The molecule has 3 saturated carbocycles. The Morgan fingerprint density at radius 2 is 1.19 bits per heavy atom. The molecule has 9 atom stereocenters. The van der Waals surface area contributed by atoms with E-state index < -0.39 is 30.2 Å². The molecule has 6 rings (SSSR count). The van der Waals surface area contributed by atoms with Crippen LogP contribution in [-0.4, -0.2) is 55.6 Å². The topological polar surface area (TPSA) is 55.4 Å². The second-order valence-electron chi connectivity index (χ2n) is 13.1. The van der Waals surface area contributed by atoms with Crippen molar-refractivity contribution in [3.63, 3.8) is 0 Å². The fourth-order valence-corrected chi connectivity index (χ4v) is 8.05. The molecule has 0 unspecified atom stereocenters. The smallest absolute Gasteiger partial charge is 0.175 e. The van der Waals surface area contributed by atoms with Gasteiger partial charge in [0.2, 0.25) is 0 Å². The van der Waals surface area contributed by atoms with Crippen LogP contribution in [0.3, 0.4) is 0 Å². The Hall–Kier alpha value is -2.32. The Labute approximate surface area is 251 Å². The maximum absolute atomic E-state index is 7.20. The van der Waals surface area contributed by atoms with E-state index in [1.165, 1.54) is 6.42 Å². The molecule has 6 nitrogen and oxygen atoms in total. The fourth-order valence-electron chi connectivity index (χ4n) is 8.05. The zero-order chi connectivity index (χ0) is 29.4. The minimum atomic E-state index is -0.712. The summed E-state index contributed by atoms with van der Waals surface area (Å²) >= 11 is 0. The van der Waals surface area contributed by atoms with Crippen LogP contribution in [0.5, 0.6) is 0 Å². The molecule has 1 spiro atoms. The number of hydrogen-bond donors (Lipinski definition) is 0. The Morgan fingerprint density at radius 1 is 0.714 bits per heavy atom. The molecular formula is C36H46O6. The van der Waals surface area contributed by atoms with Crippen LogP contribution in [0, 0.1) is 16.7 Å². The quantitative estimate of drug-likeness (QED) is 0.265. The average molecular weight is 575 g/mol. The monoisotopic (exact) mass is 574 g/mol. The molecule has 4 fully saturated rings. The maximum atomic E-state index is 7.20. The second-order valence-corrected chi connectivity index (χ2v) is 13.1.